The van der Waals surface area contributed by atoms with Crippen LogP contribution in [-0.2, 0) is 12.8 Å². The molecule has 9 aromatic rings. The Bertz CT molecular complexity index is 2780. The minimum absolute atomic E-state index is 0.977. The first-order valence-corrected chi connectivity index (χ1v) is 18.6. The van der Waals surface area contributed by atoms with Gasteiger partial charge in [-0.1, -0.05) is 152 Å². The summed E-state index contributed by atoms with van der Waals surface area (Å²) in [7, 11) is 0. The van der Waals surface area contributed by atoms with E-state index in [1.807, 2.05) is 0 Å². The van der Waals surface area contributed by atoms with Crippen LogP contribution in [0.4, 0.5) is 17.1 Å². The van der Waals surface area contributed by atoms with Crippen LogP contribution >= 0.6 is 0 Å². The highest BCUT2D eigenvalue weighted by molar-refractivity contribution is 6.25. The van der Waals surface area contributed by atoms with Crippen molar-refractivity contribution in [3.05, 3.63) is 209 Å². The van der Waals surface area contributed by atoms with E-state index in [-0.39, 0.29) is 0 Å². The SMILES string of the molecule is C1=C(c2ccc(N(c3ccc(C4=Cc5ccccc5C4)cc3)c3ccc(-c4ccc5ccc6cccc7ccc4c5c67)cc3)cc2)Cc2ccccc21. The van der Waals surface area contributed by atoms with Crippen LogP contribution in [0, 0.1) is 0 Å². The van der Waals surface area contributed by atoms with Crippen LogP contribution in [0.25, 0.3) is 66.7 Å². The van der Waals surface area contributed by atoms with Gasteiger partial charge in [-0.05, 0) is 137 Å². The van der Waals surface area contributed by atoms with E-state index in [4.69, 9.17) is 0 Å². The summed E-state index contributed by atoms with van der Waals surface area (Å²) < 4.78 is 0. The van der Waals surface area contributed by atoms with Crippen LogP contribution in [0.2, 0.25) is 0 Å². The van der Waals surface area contributed by atoms with Crippen molar-refractivity contribution in [1.29, 1.82) is 0 Å². The van der Waals surface area contributed by atoms with E-state index in [1.54, 1.807) is 0 Å². The van der Waals surface area contributed by atoms with Crippen LogP contribution in [0.1, 0.15) is 33.4 Å². The summed E-state index contributed by atoms with van der Waals surface area (Å²) in [5.74, 6) is 0. The molecule has 0 heterocycles. The highest BCUT2D eigenvalue weighted by Gasteiger charge is 2.19. The van der Waals surface area contributed by atoms with E-state index >= 15 is 0 Å². The Morgan fingerprint density at radius 2 is 0.792 bits per heavy atom. The lowest BCUT2D eigenvalue weighted by Crippen LogP contribution is -2.10. The Labute approximate surface area is 309 Å². The number of hydrogen-bond donors (Lipinski definition) is 0. The van der Waals surface area contributed by atoms with E-state index < -0.39 is 0 Å². The first-order valence-electron chi connectivity index (χ1n) is 18.6. The number of rotatable bonds is 6. The molecular formula is C52H35N. The Morgan fingerprint density at radius 1 is 0.340 bits per heavy atom. The molecule has 9 aromatic carbocycles. The van der Waals surface area contributed by atoms with Gasteiger partial charge in [-0.15, -0.1) is 0 Å². The second-order valence-electron chi connectivity index (χ2n) is 14.5. The minimum atomic E-state index is 0.977. The summed E-state index contributed by atoms with van der Waals surface area (Å²) in [6, 6.07) is 65.1. The fourth-order valence-electron chi connectivity index (χ4n) is 8.80. The van der Waals surface area contributed by atoms with Crippen molar-refractivity contribution in [3.8, 4) is 11.1 Å². The average Bonchev–Trinajstić information content (AvgIpc) is 3.86. The monoisotopic (exact) mass is 673 g/mol. The van der Waals surface area contributed by atoms with Crippen LogP contribution in [-0.4, -0.2) is 0 Å². The highest BCUT2D eigenvalue weighted by Crippen LogP contribution is 2.42. The van der Waals surface area contributed by atoms with E-state index in [0.29, 0.717) is 0 Å². The minimum Gasteiger partial charge on any atom is -0.311 e. The van der Waals surface area contributed by atoms with Crippen molar-refractivity contribution < 1.29 is 0 Å². The summed E-state index contributed by atoms with van der Waals surface area (Å²) in [6.07, 6.45) is 6.64. The molecule has 248 valence electrons. The van der Waals surface area contributed by atoms with E-state index in [0.717, 1.165) is 29.9 Å². The molecule has 0 unspecified atom stereocenters. The van der Waals surface area contributed by atoms with E-state index in [9.17, 15) is 0 Å². The van der Waals surface area contributed by atoms with Crippen molar-refractivity contribution >= 4 is 72.7 Å². The molecule has 0 N–H and O–H groups in total. The van der Waals surface area contributed by atoms with E-state index in [1.165, 1.54) is 88.0 Å². The molecular weight excluding hydrogens is 639 g/mol. The topological polar surface area (TPSA) is 3.24 Å². The van der Waals surface area contributed by atoms with Gasteiger partial charge in [-0.25, -0.2) is 0 Å². The molecule has 2 aliphatic rings. The van der Waals surface area contributed by atoms with Gasteiger partial charge < -0.3 is 4.90 Å². The zero-order chi connectivity index (χ0) is 34.9. The maximum absolute atomic E-state index is 2.39. The van der Waals surface area contributed by atoms with Crippen molar-refractivity contribution in [3.63, 3.8) is 0 Å². The lowest BCUT2D eigenvalue weighted by molar-refractivity contribution is 1.27. The fraction of sp³-hybridized carbons (Fsp3) is 0.0385. The van der Waals surface area contributed by atoms with Crippen LogP contribution < -0.4 is 4.90 Å². The van der Waals surface area contributed by atoms with Crippen molar-refractivity contribution in [1.82, 2.24) is 0 Å². The Morgan fingerprint density at radius 3 is 1.32 bits per heavy atom. The van der Waals surface area contributed by atoms with Gasteiger partial charge in [0.15, 0.2) is 0 Å². The van der Waals surface area contributed by atoms with Crippen LogP contribution in [0.5, 0.6) is 0 Å². The third kappa shape index (κ3) is 5.00. The van der Waals surface area contributed by atoms with Crippen molar-refractivity contribution in [2.45, 2.75) is 12.8 Å². The first kappa shape index (κ1) is 30.0. The summed E-state index contributed by atoms with van der Waals surface area (Å²) in [5.41, 5.74) is 16.7. The average molecular weight is 674 g/mol. The standard InChI is InChI=1S/C52H35N/c1-2-7-41-31-44(30-40(41)6-1)34-14-22-46(23-15-34)53(47-24-16-35(17-25-47)45-32-42-8-3-4-9-43(42)33-45)48-26-18-36(19-27-48)49-28-20-39-13-12-37-10-5-11-38-21-29-50(49)52(39)51(37)38/h1-30,32H,31,33H2. The van der Waals surface area contributed by atoms with Gasteiger partial charge in [-0.2, -0.15) is 0 Å². The quantitative estimate of drug-likeness (QED) is 0.159. The van der Waals surface area contributed by atoms with Crippen molar-refractivity contribution in [2.24, 2.45) is 0 Å². The molecule has 0 radical (unpaired) electrons. The Kier molecular flexibility index (Phi) is 6.75. The van der Waals surface area contributed by atoms with Gasteiger partial charge in [0.1, 0.15) is 0 Å². The number of benzene rings is 9. The Balaban J connectivity index is 0.973. The number of allylic oxidation sites excluding steroid dienone is 2. The Hall–Kier alpha value is -6.70. The maximum atomic E-state index is 2.39. The summed E-state index contributed by atoms with van der Waals surface area (Å²) in [5, 5.41) is 7.89. The molecule has 53 heavy (non-hydrogen) atoms. The smallest absolute Gasteiger partial charge is 0.0462 e. The summed E-state index contributed by atoms with van der Waals surface area (Å²) in [6.45, 7) is 0. The number of nitrogens with zero attached hydrogens (tertiary/aromatic N) is 1. The largest absolute Gasteiger partial charge is 0.311 e. The highest BCUT2D eigenvalue weighted by atomic mass is 15.1. The lowest BCUT2D eigenvalue weighted by atomic mass is 9.90. The number of hydrogen-bond acceptors (Lipinski definition) is 1. The van der Waals surface area contributed by atoms with Gasteiger partial charge in [0.25, 0.3) is 0 Å². The molecule has 0 fully saturated rings. The summed E-state index contributed by atoms with van der Waals surface area (Å²) >= 11 is 0. The second kappa shape index (κ2) is 11.9. The molecule has 0 saturated heterocycles. The predicted octanol–water partition coefficient (Wildman–Crippen LogP) is 13.9. The fourth-order valence-corrected chi connectivity index (χ4v) is 8.80. The number of anilines is 3. The van der Waals surface area contributed by atoms with Gasteiger partial charge in [-0.3, -0.25) is 0 Å². The molecule has 0 saturated carbocycles. The van der Waals surface area contributed by atoms with E-state index in [2.05, 4.69) is 193 Å². The molecule has 0 amide bonds. The maximum Gasteiger partial charge on any atom is 0.0462 e. The molecule has 2 aliphatic carbocycles. The van der Waals surface area contributed by atoms with Gasteiger partial charge >= 0.3 is 0 Å². The molecule has 0 bridgehead atoms. The third-order valence-corrected chi connectivity index (χ3v) is 11.5. The number of fused-ring (bicyclic) bond motifs is 2. The van der Waals surface area contributed by atoms with Crippen LogP contribution in [0.15, 0.2) is 176 Å². The molecule has 11 rings (SSSR count). The van der Waals surface area contributed by atoms with Gasteiger partial charge in [0, 0.05) is 17.1 Å². The zero-order valence-corrected chi connectivity index (χ0v) is 29.3. The summed E-state index contributed by atoms with van der Waals surface area (Å²) in [4.78, 5) is 2.39. The van der Waals surface area contributed by atoms with Crippen LogP contribution in [0.3, 0.4) is 0 Å². The lowest BCUT2D eigenvalue weighted by Gasteiger charge is -2.26. The molecule has 0 spiro atoms. The molecule has 1 heteroatoms. The van der Waals surface area contributed by atoms with Crippen molar-refractivity contribution in [2.75, 3.05) is 4.90 Å². The third-order valence-electron chi connectivity index (χ3n) is 11.5. The first-order chi connectivity index (χ1) is 26.2. The second-order valence-corrected chi connectivity index (χ2v) is 14.5. The molecule has 0 aliphatic heterocycles. The molecule has 0 atom stereocenters. The zero-order valence-electron chi connectivity index (χ0n) is 29.3. The molecule has 1 nitrogen and oxygen atoms in total. The normalized spacial score (nSPS) is 13.4. The van der Waals surface area contributed by atoms with Gasteiger partial charge in [0.2, 0.25) is 0 Å². The molecule has 0 aromatic heterocycles. The predicted molar refractivity (Wildman–Crippen MR) is 226 cm³/mol. The van der Waals surface area contributed by atoms with Gasteiger partial charge in [0.05, 0.1) is 0 Å².